The summed E-state index contributed by atoms with van der Waals surface area (Å²) in [7, 11) is 1.36. The number of rotatable bonds is 6. The molecule has 0 radical (unpaired) electrons. The van der Waals surface area contributed by atoms with Gasteiger partial charge in [-0.2, -0.15) is 0 Å². The van der Waals surface area contributed by atoms with Gasteiger partial charge in [0.2, 0.25) is 0 Å². The Labute approximate surface area is 237 Å². The molecule has 2 aromatic heterocycles. The van der Waals surface area contributed by atoms with Gasteiger partial charge in [0.15, 0.2) is 11.6 Å². The summed E-state index contributed by atoms with van der Waals surface area (Å²) >= 11 is 3.01. The highest BCUT2D eigenvalue weighted by molar-refractivity contribution is 7.99. The molecule has 0 aliphatic carbocycles. The zero-order valence-corrected chi connectivity index (χ0v) is 23.3. The van der Waals surface area contributed by atoms with E-state index in [0.717, 1.165) is 15.6 Å². The number of thioether (sulfide) groups is 1. The molecule has 2 unspecified atom stereocenters. The first-order chi connectivity index (χ1) is 19.3. The topological polar surface area (TPSA) is 57.2 Å². The molecule has 2 atom stereocenters. The van der Waals surface area contributed by atoms with Crippen molar-refractivity contribution in [2.24, 2.45) is 5.73 Å². The molecule has 1 aliphatic heterocycles. The molecule has 0 saturated carbocycles. The first-order valence-corrected chi connectivity index (χ1v) is 14.6. The Morgan fingerprint density at radius 1 is 1.02 bits per heavy atom. The molecule has 6 rings (SSSR count). The third kappa shape index (κ3) is 4.24. The number of nitrogens with zero attached hydrogens (tertiary/aromatic N) is 1. The summed E-state index contributed by atoms with van der Waals surface area (Å²) < 4.78 is 53.1. The van der Waals surface area contributed by atoms with Crippen molar-refractivity contribution in [2.75, 3.05) is 12.9 Å². The van der Waals surface area contributed by atoms with Gasteiger partial charge in [0, 0.05) is 28.0 Å². The van der Waals surface area contributed by atoms with Crippen molar-refractivity contribution in [1.82, 2.24) is 4.57 Å². The summed E-state index contributed by atoms with van der Waals surface area (Å²) in [5, 5.41) is 3.62. The van der Waals surface area contributed by atoms with Crippen LogP contribution in [0.25, 0.3) is 21.2 Å². The smallest absolute Gasteiger partial charge is 0.260 e. The first-order valence-electron chi connectivity index (χ1n) is 12.7. The molecule has 3 aromatic carbocycles. The summed E-state index contributed by atoms with van der Waals surface area (Å²) in [6, 6.07) is 15.3. The van der Waals surface area contributed by atoms with Gasteiger partial charge >= 0.3 is 0 Å². The maximum absolute atomic E-state index is 15.6. The Balaban J connectivity index is 1.59. The van der Waals surface area contributed by atoms with Gasteiger partial charge in [0.05, 0.1) is 29.8 Å². The zero-order chi connectivity index (χ0) is 28.1. The Kier molecular flexibility index (Phi) is 6.98. The molecule has 0 fully saturated rings. The fourth-order valence-electron chi connectivity index (χ4n) is 5.52. The molecule has 1 aliphatic rings. The third-order valence-corrected chi connectivity index (χ3v) is 9.82. The van der Waals surface area contributed by atoms with E-state index in [1.54, 1.807) is 28.9 Å². The number of ether oxygens (including phenoxy) is 1. The molecule has 0 saturated heterocycles. The van der Waals surface area contributed by atoms with Crippen LogP contribution >= 0.6 is 23.1 Å². The summed E-state index contributed by atoms with van der Waals surface area (Å²) in [5.41, 5.74) is 8.50. The third-order valence-electron chi connectivity index (χ3n) is 7.61. The van der Waals surface area contributed by atoms with E-state index in [0.29, 0.717) is 21.9 Å². The maximum Gasteiger partial charge on any atom is 0.260 e. The van der Waals surface area contributed by atoms with Crippen molar-refractivity contribution in [3.63, 3.8) is 0 Å². The summed E-state index contributed by atoms with van der Waals surface area (Å²) in [6.07, 6.45) is -0.102. The molecular formula is C31H25F3N2O2S2. The van der Waals surface area contributed by atoms with Gasteiger partial charge < -0.3 is 10.5 Å². The Bertz CT molecular complexity index is 1810. The van der Waals surface area contributed by atoms with Crippen molar-refractivity contribution in [3.8, 4) is 16.9 Å². The number of methoxy groups -OCH3 is 1. The van der Waals surface area contributed by atoms with Crippen LogP contribution in [0.2, 0.25) is 0 Å². The molecule has 204 valence electrons. The average molecular weight is 579 g/mol. The normalized spacial score (nSPS) is 15.4. The van der Waals surface area contributed by atoms with Crippen LogP contribution in [-0.2, 0) is 6.42 Å². The SMILES string of the molecule is COc1cccc(-c2c(C)c(Cc3c(F)cccc3F)c3n(c2=O)C(C(N)c2csc4ccccc24)CS3)c1F. The predicted octanol–water partition coefficient (Wildman–Crippen LogP) is 7.40. The number of hydrogen-bond acceptors (Lipinski definition) is 5. The molecule has 3 heterocycles. The Morgan fingerprint density at radius 2 is 1.75 bits per heavy atom. The van der Waals surface area contributed by atoms with E-state index in [1.807, 2.05) is 29.6 Å². The minimum Gasteiger partial charge on any atom is -0.494 e. The van der Waals surface area contributed by atoms with Gasteiger partial charge in [-0.1, -0.05) is 36.4 Å². The van der Waals surface area contributed by atoms with E-state index in [4.69, 9.17) is 10.5 Å². The number of benzene rings is 3. The molecule has 9 heteroatoms. The summed E-state index contributed by atoms with van der Waals surface area (Å²) in [5.74, 6) is -1.56. The van der Waals surface area contributed by atoms with E-state index >= 15 is 4.39 Å². The van der Waals surface area contributed by atoms with E-state index in [2.05, 4.69) is 0 Å². The molecule has 5 aromatic rings. The second kappa shape index (κ2) is 10.5. The zero-order valence-electron chi connectivity index (χ0n) is 21.7. The second-order valence-electron chi connectivity index (χ2n) is 9.75. The van der Waals surface area contributed by atoms with Gasteiger partial charge in [-0.25, -0.2) is 13.2 Å². The van der Waals surface area contributed by atoms with Crippen molar-refractivity contribution in [3.05, 3.63) is 116 Å². The van der Waals surface area contributed by atoms with E-state index in [9.17, 15) is 13.6 Å². The monoisotopic (exact) mass is 578 g/mol. The predicted molar refractivity (Wildman–Crippen MR) is 155 cm³/mol. The molecule has 40 heavy (non-hydrogen) atoms. The maximum atomic E-state index is 15.6. The number of thiophene rings is 1. The van der Waals surface area contributed by atoms with Crippen LogP contribution in [0.3, 0.4) is 0 Å². The van der Waals surface area contributed by atoms with Gasteiger partial charge in [0.25, 0.3) is 5.56 Å². The lowest BCUT2D eigenvalue weighted by molar-refractivity contribution is 0.387. The molecule has 4 nitrogen and oxygen atoms in total. The summed E-state index contributed by atoms with van der Waals surface area (Å²) in [6.45, 7) is 1.70. The molecule has 0 bridgehead atoms. The van der Waals surface area contributed by atoms with E-state index in [-0.39, 0.29) is 28.9 Å². The number of pyridine rings is 1. The number of fused-ring (bicyclic) bond motifs is 2. The second-order valence-corrected chi connectivity index (χ2v) is 11.7. The molecule has 0 spiro atoms. The summed E-state index contributed by atoms with van der Waals surface area (Å²) in [4.78, 5) is 14.3. The number of halogens is 3. The van der Waals surface area contributed by atoms with Gasteiger partial charge in [0.1, 0.15) is 11.6 Å². The van der Waals surface area contributed by atoms with Gasteiger partial charge in [-0.15, -0.1) is 23.1 Å². The molecule has 0 amide bonds. The van der Waals surface area contributed by atoms with E-state index in [1.165, 1.54) is 49.2 Å². The van der Waals surface area contributed by atoms with Crippen LogP contribution in [0.4, 0.5) is 13.2 Å². The lowest BCUT2D eigenvalue weighted by atomic mass is 9.93. The van der Waals surface area contributed by atoms with E-state index < -0.39 is 35.1 Å². The van der Waals surface area contributed by atoms with Gasteiger partial charge in [-0.3, -0.25) is 9.36 Å². The van der Waals surface area contributed by atoms with Crippen LogP contribution in [0.15, 0.2) is 75.9 Å². The number of aromatic nitrogens is 1. The highest BCUT2D eigenvalue weighted by Gasteiger charge is 2.36. The average Bonchev–Trinajstić information content (AvgIpc) is 3.58. The van der Waals surface area contributed by atoms with Crippen molar-refractivity contribution < 1.29 is 17.9 Å². The number of nitrogens with two attached hydrogens (primary N) is 1. The molecular weight excluding hydrogens is 553 g/mol. The van der Waals surface area contributed by atoms with Crippen LogP contribution in [0, 0.1) is 24.4 Å². The Morgan fingerprint density at radius 3 is 2.50 bits per heavy atom. The molecule has 2 N–H and O–H groups in total. The highest BCUT2D eigenvalue weighted by Crippen LogP contribution is 2.45. The van der Waals surface area contributed by atoms with Gasteiger partial charge in [-0.05, 0) is 58.6 Å². The van der Waals surface area contributed by atoms with Crippen molar-refractivity contribution in [2.45, 2.75) is 30.5 Å². The largest absolute Gasteiger partial charge is 0.494 e. The minimum atomic E-state index is -0.681. The quantitative estimate of drug-likeness (QED) is 0.228. The minimum absolute atomic E-state index is 0.00383. The lowest BCUT2D eigenvalue weighted by Crippen LogP contribution is -2.33. The Hall–Kier alpha value is -3.53. The van der Waals surface area contributed by atoms with Crippen molar-refractivity contribution >= 4 is 33.2 Å². The standard InChI is InChI=1S/C31H25F3N2O2S2/c1-16-19(13-20-22(32)9-6-10-23(20)33)31-36(30(37)27(16)18-8-5-11-25(38-2)28(18)34)24(15-40-31)29(35)21-14-39-26-12-4-3-7-17(21)26/h3-12,14,24,29H,13,15,35H2,1-2H3. The van der Waals surface area contributed by atoms with Crippen LogP contribution in [0.1, 0.15) is 34.3 Å². The lowest BCUT2D eigenvalue weighted by Gasteiger charge is -2.24. The highest BCUT2D eigenvalue weighted by atomic mass is 32.2. The fourth-order valence-corrected chi connectivity index (χ4v) is 7.97. The van der Waals surface area contributed by atoms with Crippen LogP contribution in [0.5, 0.6) is 5.75 Å². The van der Waals surface area contributed by atoms with Crippen molar-refractivity contribution in [1.29, 1.82) is 0 Å². The fraction of sp³-hybridized carbons (Fsp3) is 0.194. The van der Waals surface area contributed by atoms with Crippen LogP contribution in [-0.4, -0.2) is 17.4 Å². The first kappa shape index (κ1) is 26.7. The van der Waals surface area contributed by atoms with Crippen LogP contribution < -0.4 is 16.0 Å². The number of hydrogen-bond donors (Lipinski definition) is 1.